The number of cyclic esters (lactones) is 1. The van der Waals surface area contributed by atoms with Gasteiger partial charge in [-0.2, -0.15) is 0 Å². The van der Waals surface area contributed by atoms with E-state index in [1.807, 2.05) is 0 Å². The largest absolute Gasteiger partial charge is 0.493 e. The number of benzene rings is 2. The van der Waals surface area contributed by atoms with Gasteiger partial charge in [-0.05, 0) is 72.3 Å². The Morgan fingerprint density at radius 2 is 1.84 bits per heavy atom. The lowest BCUT2D eigenvalue weighted by atomic mass is 9.88. The molecule has 8 nitrogen and oxygen atoms in total. The zero-order valence-corrected chi connectivity index (χ0v) is 21.6. The summed E-state index contributed by atoms with van der Waals surface area (Å²) < 4.78 is 16.2. The monoisotopic (exact) mass is 530 g/mol. The van der Waals surface area contributed by atoms with Crippen LogP contribution in [0.1, 0.15) is 52.9 Å². The number of hydrogen-bond acceptors (Lipinski definition) is 8. The summed E-state index contributed by atoms with van der Waals surface area (Å²) >= 11 is 1.29. The molecule has 2 aromatic carbocycles. The van der Waals surface area contributed by atoms with E-state index in [0.717, 1.165) is 25.7 Å². The van der Waals surface area contributed by atoms with Gasteiger partial charge >= 0.3 is 11.9 Å². The minimum atomic E-state index is -0.582. The summed E-state index contributed by atoms with van der Waals surface area (Å²) in [5, 5.41) is 4.77. The Labute approximate surface area is 223 Å². The van der Waals surface area contributed by atoms with Crippen LogP contribution in [0.2, 0.25) is 0 Å². The molecule has 38 heavy (non-hydrogen) atoms. The van der Waals surface area contributed by atoms with Crippen LogP contribution in [0.15, 0.2) is 70.7 Å². The van der Waals surface area contributed by atoms with Crippen LogP contribution in [-0.4, -0.2) is 30.9 Å². The standard InChI is InChI=1S/C29H26N2O6S/c1-35-24-17-18(9-14-23(24)36-29(34)25-8-5-15-38-25)16-22-28(33)37-27(31-22)20-10-12-21(13-11-20)30-26(32)19-6-3-2-4-7-19/h5,8-17,19H,2-4,6-7H2,1H3,(H,30,32)/b22-16+. The van der Waals surface area contributed by atoms with Crippen molar-refractivity contribution in [2.75, 3.05) is 12.4 Å². The molecule has 0 atom stereocenters. The summed E-state index contributed by atoms with van der Waals surface area (Å²) in [7, 11) is 1.47. The molecular formula is C29H26N2O6S. The topological polar surface area (TPSA) is 103 Å². The van der Waals surface area contributed by atoms with Crippen molar-refractivity contribution in [3.8, 4) is 11.5 Å². The minimum Gasteiger partial charge on any atom is -0.493 e. The van der Waals surface area contributed by atoms with Crippen molar-refractivity contribution in [2.45, 2.75) is 32.1 Å². The molecule has 1 fully saturated rings. The highest BCUT2D eigenvalue weighted by atomic mass is 32.1. The SMILES string of the molecule is COc1cc(/C=C2/N=C(c3ccc(NC(=O)C4CCCCC4)cc3)OC2=O)ccc1OC(=O)c1cccs1. The summed E-state index contributed by atoms with van der Waals surface area (Å²) in [4.78, 5) is 42.1. The van der Waals surface area contributed by atoms with Crippen molar-refractivity contribution in [1.29, 1.82) is 0 Å². The highest BCUT2D eigenvalue weighted by Gasteiger charge is 2.25. The van der Waals surface area contributed by atoms with Gasteiger partial charge in [-0.15, -0.1) is 11.3 Å². The van der Waals surface area contributed by atoms with Crippen molar-refractivity contribution < 1.29 is 28.6 Å². The van der Waals surface area contributed by atoms with Gasteiger partial charge in [0.05, 0.1) is 7.11 Å². The maximum atomic E-state index is 12.5. The van der Waals surface area contributed by atoms with Crippen LogP contribution in [0.5, 0.6) is 11.5 Å². The lowest BCUT2D eigenvalue weighted by molar-refractivity contribution is -0.130. The lowest BCUT2D eigenvalue weighted by Gasteiger charge is -2.20. The molecule has 1 aliphatic carbocycles. The Kier molecular flexibility index (Phi) is 7.65. The number of rotatable bonds is 7. The molecule has 194 valence electrons. The number of esters is 2. The highest BCUT2D eigenvalue weighted by molar-refractivity contribution is 7.12. The van der Waals surface area contributed by atoms with E-state index in [0.29, 0.717) is 27.4 Å². The smallest absolute Gasteiger partial charge is 0.363 e. The number of ether oxygens (including phenoxy) is 3. The first kappa shape index (κ1) is 25.4. The summed E-state index contributed by atoms with van der Waals surface area (Å²) in [6, 6.07) is 15.4. The van der Waals surface area contributed by atoms with Gasteiger partial charge in [-0.3, -0.25) is 4.79 Å². The molecule has 0 radical (unpaired) electrons. The molecule has 2 aliphatic rings. The van der Waals surface area contributed by atoms with Gasteiger partial charge in [0.25, 0.3) is 0 Å². The molecular weight excluding hydrogens is 504 g/mol. The second-order valence-electron chi connectivity index (χ2n) is 9.01. The second-order valence-corrected chi connectivity index (χ2v) is 9.96. The summed E-state index contributed by atoms with van der Waals surface area (Å²) in [6.07, 6.45) is 6.82. The van der Waals surface area contributed by atoms with E-state index in [-0.39, 0.29) is 29.2 Å². The minimum absolute atomic E-state index is 0.0510. The van der Waals surface area contributed by atoms with Crippen molar-refractivity contribution in [1.82, 2.24) is 0 Å². The second kappa shape index (κ2) is 11.4. The molecule has 0 bridgehead atoms. The van der Waals surface area contributed by atoms with Crippen LogP contribution in [0.25, 0.3) is 6.08 Å². The van der Waals surface area contributed by atoms with Crippen molar-refractivity contribution >= 4 is 46.8 Å². The fourth-order valence-corrected chi connectivity index (χ4v) is 5.00. The van der Waals surface area contributed by atoms with E-state index < -0.39 is 11.9 Å². The van der Waals surface area contributed by atoms with Gasteiger partial charge in [0.1, 0.15) is 4.88 Å². The first-order chi connectivity index (χ1) is 18.5. The number of aliphatic imine (C=N–C) groups is 1. The number of nitrogens with one attached hydrogen (secondary N) is 1. The molecule has 0 unspecified atom stereocenters. The fraction of sp³-hybridized carbons (Fsp3) is 0.241. The van der Waals surface area contributed by atoms with Crippen LogP contribution in [0.3, 0.4) is 0 Å². The first-order valence-electron chi connectivity index (χ1n) is 12.4. The van der Waals surface area contributed by atoms with E-state index in [2.05, 4.69) is 10.3 Å². The lowest BCUT2D eigenvalue weighted by Crippen LogP contribution is -2.24. The number of carbonyl (C=O) groups is 3. The normalized spacial score (nSPS) is 16.6. The maximum absolute atomic E-state index is 12.5. The van der Waals surface area contributed by atoms with Crippen LogP contribution >= 0.6 is 11.3 Å². The number of hydrogen-bond donors (Lipinski definition) is 1. The molecule has 1 aliphatic heterocycles. The number of methoxy groups -OCH3 is 1. The fourth-order valence-electron chi connectivity index (χ4n) is 4.40. The van der Waals surface area contributed by atoms with Gasteiger partial charge in [-0.1, -0.05) is 31.4 Å². The number of amides is 1. The Hall–Kier alpha value is -4.24. The van der Waals surface area contributed by atoms with Gasteiger partial charge < -0.3 is 19.5 Å². The zero-order chi connectivity index (χ0) is 26.5. The summed E-state index contributed by atoms with van der Waals surface area (Å²) in [5.41, 5.74) is 2.05. The van der Waals surface area contributed by atoms with Crippen LogP contribution < -0.4 is 14.8 Å². The predicted molar refractivity (Wildman–Crippen MR) is 145 cm³/mol. The van der Waals surface area contributed by atoms with Gasteiger partial charge in [-0.25, -0.2) is 14.6 Å². The van der Waals surface area contributed by atoms with Crippen molar-refractivity contribution in [3.05, 3.63) is 81.7 Å². The van der Waals surface area contributed by atoms with Gasteiger partial charge in [0, 0.05) is 17.2 Å². The number of nitrogens with zero attached hydrogens (tertiary/aromatic N) is 1. The highest BCUT2D eigenvalue weighted by Crippen LogP contribution is 2.31. The van der Waals surface area contributed by atoms with Crippen LogP contribution in [0, 0.1) is 5.92 Å². The summed E-state index contributed by atoms with van der Waals surface area (Å²) in [6.45, 7) is 0. The van der Waals surface area contributed by atoms with Gasteiger partial charge in [0.2, 0.25) is 11.8 Å². The number of thiophene rings is 1. The quantitative estimate of drug-likeness (QED) is 0.234. The van der Waals surface area contributed by atoms with Crippen molar-refractivity contribution in [3.63, 3.8) is 0 Å². The molecule has 1 aromatic heterocycles. The molecule has 9 heteroatoms. The molecule has 5 rings (SSSR count). The average molecular weight is 531 g/mol. The molecule has 1 saturated carbocycles. The Bertz CT molecular complexity index is 1400. The maximum Gasteiger partial charge on any atom is 0.363 e. The van der Waals surface area contributed by atoms with E-state index in [1.54, 1.807) is 66.1 Å². The van der Waals surface area contributed by atoms with E-state index in [4.69, 9.17) is 14.2 Å². The van der Waals surface area contributed by atoms with E-state index in [9.17, 15) is 14.4 Å². The molecule has 3 aromatic rings. The number of carbonyl (C=O) groups excluding carboxylic acids is 3. The molecule has 0 spiro atoms. The number of anilines is 1. The molecule has 0 saturated heterocycles. The average Bonchev–Trinajstić information content (AvgIpc) is 3.61. The van der Waals surface area contributed by atoms with Crippen molar-refractivity contribution in [2.24, 2.45) is 10.9 Å². The van der Waals surface area contributed by atoms with Crippen LogP contribution in [0.4, 0.5) is 5.69 Å². The molecule has 2 heterocycles. The predicted octanol–water partition coefficient (Wildman–Crippen LogP) is 5.84. The van der Waals surface area contributed by atoms with Gasteiger partial charge in [0.15, 0.2) is 17.2 Å². The summed E-state index contributed by atoms with van der Waals surface area (Å²) in [5.74, 6) is -0.154. The Morgan fingerprint density at radius 1 is 1.05 bits per heavy atom. The van der Waals surface area contributed by atoms with E-state index >= 15 is 0 Å². The third-order valence-electron chi connectivity index (χ3n) is 6.41. The Morgan fingerprint density at radius 3 is 2.55 bits per heavy atom. The third-order valence-corrected chi connectivity index (χ3v) is 7.26. The third kappa shape index (κ3) is 5.84. The van der Waals surface area contributed by atoms with E-state index in [1.165, 1.54) is 24.9 Å². The molecule has 1 amide bonds. The van der Waals surface area contributed by atoms with Crippen LogP contribution in [-0.2, 0) is 14.3 Å². The first-order valence-corrected chi connectivity index (χ1v) is 13.3. The Balaban J connectivity index is 1.27. The zero-order valence-electron chi connectivity index (χ0n) is 20.8. The molecule has 1 N–H and O–H groups in total.